The molecule has 0 radical (unpaired) electrons. The van der Waals surface area contributed by atoms with Crippen LogP contribution < -0.4 is 10.6 Å². The summed E-state index contributed by atoms with van der Waals surface area (Å²) in [4.78, 5) is 27.2. The van der Waals surface area contributed by atoms with Gasteiger partial charge >= 0.3 is 6.03 Å². The van der Waals surface area contributed by atoms with E-state index in [4.69, 9.17) is 0 Å². The van der Waals surface area contributed by atoms with Gasteiger partial charge in [0, 0.05) is 30.4 Å². The number of nitrogens with one attached hydrogen (secondary N) is 2. The lowest BCUT2D eigenvalue weighted by atomic mass is 10.0. The lowest BCUT2D eigenvalue weighted by Gasteiger charge is -2.28. The van der Waals surface area contributed by atoms with Crippen LogP contribution in [0.1, 0.15) is 52.0 Å². The van der Waals surface area contributed by atoms with Crippen molar-refractivity contribution in [3.05, 3.63) is 72.3 Å². The Hall–Kier alpha value is -3.34. The third kappa shape index (κ3) is 6.10. The van der Waals surface area contributed by atoms with E-state index in [2.05, 4.69) is 24.5 Å². The number of amides is 3. The molecule has 3 amide bonds. The van der Waals surface area contributed by atoms with E-state index in [1.165, 1.54) is 5.56 Å². The lowest BCUT2D eigenvalue weighted by Crippen LogP contribution is -2.42. The predicted molar refractivity (Wildman–Crippen MR) is 133 cm³/mol. The molecule has 3 rings (SSSR count). The average molecular weight is 432 g/mol. The van der Waals surface area contributed by atoms with Gasteiger partial charge in [-0.15, -0.1) is 0 Å². The van der Waals surface area contributed by atoms with Crippen LogP contribution in [-0.4, -0.2) is 29.4 Å². The molecule has 0 aliphatic rings. The molecule has 3 aromatic carbocycles. The van der Waals surface area contributed by atoms with E-state index < -0.39 is 0 Å². The van der Waals surface area contributed by atoms with Crippen LogP contribution in [0.4, 0.5) is 16.2 Å². The van der Waals surface area contributed by atoms with Crippen LogP contribution in [0.5, 0.6) is 0 Å². The molecule has 0 spiro atoms. The maximum Gasteiger partial charge on any atom is 0.322 e. The van der Waals surface area contributed by atoms with E-state index in [-0.39, 0.29) is 24.4 Å². The molecule has 0 aliphatic heterocycles. The van der Waals surface area contributed by atoms with Crippen molar-refractivity contribution in [3.63, 3.8) is 0 Å². The normalized spacial score (nSPS) is 11.9. The van der Waals surface area contributed by atoms with Crippen LogP contribution in [0.2, 0.25) is 0 Å². The summed E-state index contributed by atoms with van der Waals surface area (Å²) in [7, 11) is 0. The summed E-state index contributed by atoms with van der Waals surface area (Å²) in [5, 5.41) is 8.14. The van der Waals surface area contributed by atoms with Crippen molar-refractivity contribution in [2.45, 2.75) is 52.5 Å². The molecule has 0 saturated heterocycles. The van der Waals surface area contributed by atoms with Crippen LogP contribution >= 0.6 is 0 Å². The van der Waals surface area contributed by atoms with Crippen molar-refractivity contribution < 1.29 is 9.59 Å². The Morgan fingerprint density at radius 2 is 1.50 bits per heavy atom. The first kappa shape index (κ1) is 23.3. The SMILES string of the molecule is CCC(C)N(CCC(=O)Nc1ccc2ccccc2c1)C(=O)Nc1ccc(C(C)C)cc1. The fourth-order valence-corrected chi connectivity index (χ4v) is 3.60. The first-order valence-corrected chi connectivity index (χ1v) is 11.3. The van der Waals surface area contributed by atoms with Gasteiger partial charge in [-0.1, -0.05) is 63.2 Å². The van der Waals surface area contributed by atoms with Crippen molar-refractivity contribution in [3.8, 4) is 0 Å². The van der Waals surface area contributed by atoms with Gasteiger partial charge in [0.2, 0.25) is 5.91 Å². The van der Waals surface area contributed by atoms with E-state index in [0.29, 0.717) is 12.5 Å². The van der Waals surface area contributed by atoms with Crippen LogP contribution in [0, 0.1) is 0 Å². The number of carbonyl (C=O) groups excluding carboxylic acids is 2. The number of benzene rings is 3. The number of anilines is 2. The lowest BCUT2D eigenvalue weighted by molar-refractivity contribution is -0.116. The molecule has 32 heavy (non-hydrogen) atoms. The Morgan fingerprint density at radius 1 is 0.844 bits per heavy atom. The van der Waals surface area contributed by atoms with E-state index in [1.54, 1.807) is 4.90 Å². The molecule has 0 fully saturated rings. The Balaban J connectivity index is 1.60. The molecule has 2 N–H and O–H groups in total. The highest BCUT2D eigenvalue weighted by Crippen LogP contribution is 2.20. The number of fused-ring (bicyclic) bond motifs is 1. The first-order chi connectivity index (χ1) is 15.4. The molecule has 3 aromatic rings. The van der Waals surface area contributed by atoms with Gasteiger partial charge < -0.3 is 15.5 Å². The van der Waals surface area contributed by atoms with Gasteiger partial charge in [-0.05, 0) is 59.9 Å². The van der Waals surface area contributed by atoms with Gasteiger partial charge in [0.1, 0.15) is 0 Å². The topological polar surface area (TPSA) is 61.4 Å². The van der Waals surface area contributed by atoms with E-state index in [9.17, 15) is 9.59 Å². The molecule has 5 heteroatoms. The minimum atomic E-state index is -0.185. The number of nitrogens with zero attached hydrogens (tertiary/aromatic N) is 1. The van der Waals surface area contributed by atoms with Gasteiger partial charge in [-0.2, -0.15) is 0 Å². The molecule has 1 unspecified atom stereocenters. The molecule has 168 valence electrons. The first-order valence-electron chi connectivity index (χ1n) is 11.3. The summed E-state index contributed by atoms with van der Waals surface area (Å²) in [6.45, 7) is 8.67. The standard InChI is InChI=1S/C27H33N3O2/c1-5-20(4)30(27(32)29-24-13-10-21(11-14-24)19(2)3)17-16-26(31)28-25-15-12-22-8-6-7-9-23(22)18-25/h6-15,18-20H,5,16-17H2,1-4H3,(H,28,31)(H,29,32). The highest BCUT2D eigenvalue weighted by molar-refractivity contribution is 5.95. The summed E-state index contributed by atoms with van der Waals surface area (Å²) in [5.41, 5.74) is 2.75. The maximum atomic E-state index is 12.9. The Labute approximate surface area is 190 Å². The largest absolute Gasteiger partial charge is 0.326 e. The molecule has 1 atom stereocenters. The number of carbonyl (C=O) groups is 2. The van der Waals surface area contributed by atoms with Crippen molar-refractivity contribution >= 4 is 34.1 Å². The highest BCUT2D eigenvalue weighted by Gasteiger charge is 2.20. The number of urea groups is 1. The second kappa shape index (κ2) is 10.8. The zero-order chi connectivity index (χ0) is 23.1. The third-order valence-electron chi connectivity index (χ3n) is 5.83. The molecular weight excluding hydrogens is 398 g/mol. The molecule has 5 nitrogen and oxygen atoms in total. The Bertz CT molecular complexity index is 1060. The summed E-state index contributed by atoms with van der Waals surface area (Å²) in [6, 6.07) is 21.7. The van der Waals surface area contributed by atoms with Crippen LogP contribution in [-0.2, 0) is 4.79 Å². The monoisotopic (exact) mass is 431 g/mol. The molecule has 0 aliphatic carbocycles. The molecule has 0 bridgehead atoms. The van der Waals surface area contributed by atoms with E-state index >= 15 is 0 Å². The predicted octanol–water partition coefficient (Wildman–Crippen LogP) is 6.62. The minimum absolute atomic E-state index is 0.0263. The van der Waals surface area contributed by atoms with Gasteiger partial charge in [0.05, 0.1) is 0 Å². The molecule has 0 saturated carbocycles. The molecule has 0 heterocycles. The zero-order valence-corrected chi connectivity index (χ0v) is 19.4. The highest BCUT2D eigenvalue weighted by atomic mass is 16.2. The zero-order valence-electron chi connectivity index (χ0n) is 19.4. The second-order valence-electron chi connectivity index (χ2n) is 8.52. The Kier molecular flexibility index (Phi) is 7.87. The fourth-order valence-electron chi connectivity index (χ4n) is 3.60. The number of rotatable bonds is 8. The van der Waals surface area contributed by atoms with Gasteiger partial charge in [-0.3, -0.25) is 4.79 Å². The van der Waals surface area contributed by atoms with Crippen molar-refractivity contribution in [1.29, 1.82) is 0 Å². The number of hydrogen-bond acceptors (Lipinski definition) is 2. The molecule has 0 aromatic heterocycles. The smallest absolute Gasteiger partial charge is 0.322 e. The number of hydrogen-bond donors (Lipinski definition) is 2. The summed E-state index contributed by atoms with van der Waals surface area (Å²) >= 11 is 0. The van der Waals surface area contributed by atoms with Crippen molar-refractivity contribution in [1.82, 2.24) is 4.90 Å². The second-order valence-corrected chi connectivity index (χ2v) is 8.52. The summed E-state index contributed by atoms with van der Waals surface area (Å²) < 4.78 is 0. The third-order valence-corrected chi connectivity index (χ3v) is 5.83. The van der Waals surface area contributed by atoms with Gasteiger partial charge in [0.15, 0.2) is 0 Å². The fraction of sp³-hybridized carbons (Fsp3) is 0.333. The van der Waals surface area contributed by atoms with Crippen LogP contribution in [0.3, 0.4) is 0 Å². The van der Waals surface area contributed by atoms with Crippen molar-refractivity contribution in [2.75, 3.05) is 17.2 Å². The van der Waals surface area contributed by atoms with Crippen molar-refractivity contribution in [2.24, 2.45) is 0 Å². The van der Waals surface area contributed by atoms with E-state index in [1.807, 2.05) is 80.6 Å². The average Bonchev–Trinajstić information content (AvgIpc) is 2.79. The van der Waals surface area contributed by atoms with Gasteiger partial charge in [0.25, 0.3) is 0 Å². The van der Waals surface area contributed by atoms with E-state index in [0.717, 1.165) is 28.6 Å². The van der Waals surface area contributed by atoms with Crippen LogP contribution in [0.15, 0.2) is 66.7 Å². The quantitative estimate of drug-likeness (QED) is 0.421. The Morgan fingerprint density at radius 3 is 2.16 bits per heavy atom. The molecular formula is C27H33N3O2. The van der Waals surface area contributed by atoms with Crippen LogP contribution in [0.25, 0.3) is 10.8 Å². The summed E-state index contributed by atoms with van der Waals surface area (Å²) in [6.07, 6.45) is 1.04. The minimum Gasteiger partial charge on any atom is -0.326 e. The summed E-state index contributed by atoms with van der Waals surface area (Å²) in [5.74, 6) is 0.333. The maximum absolute atomic E-state index is 12.9. The van der Waals surface area contributed by atoms with Gasteiger partial charge in [-0.25, -0.2) is 4.79 Å².